The Morgan fingerprint density at radius 2 is 2.22 bits per heavy atom. The average Bonchev–Trinajstić information content (AvgIpc) is 2.86. The van der Waals surface area contributed by atoms with Gasteiger partial charge in [0.05, 0.1) is 16.6 Å². The molecule has 2 rings (SSSR count). The maximum atomic E-state index is 12.5. The highest BCUT2D eigenvalue weighted by Gasteiger charge is 2.25. The van der Waals surface area contributed by atoms with Crippen LogP contribution in [0.2, 0.25) is 5.02 Å². The zero-order chi connectivity index (χ0) is 17.0. The Labute approximate surface area is 145 Å². The molecule has 0 unspecified atom stereocenters. The summed E-state index contributed by atoms with van der Waals surface area (Å²) in [5, 5.41) is 10.5. The van der Waals surface area contributed by atoms with Gasteiger partial charge in [0, 0.05) is 6.54 Å². The van der Waals surface area contributed by atoms with E-state index in [0.29, 0.717) is 27.7 Å². The molecule has 0 bridgehead atoms. The lowest BCUT2D eigenvalue weighted by molar-refractivity contribution is 0.0922. The van der Waals surface area contributed by atoms with Crippen molar-refractivity contribution < 1.29 is 4.79 Å². The third-order valence-electron chi connectivity index (χ3n) is 3.45. The second-order valence-corrected chi connectivity index (χ2v) is 6.26. The zero-order valence-corrected chi connectivity index (χ0v) is 14.6. The summed E-state index contributed by atoms with van der Waals surface area (Å²) in [5.74, 6) is 0.550. The van der Waals surface area contributed by atoms with Gasteiger partial charge in [-0.25, -0.2) is 0 Å². The minimum atomic E-state index is -0.299. The number of H-pyrrole nitrogens is 1. The number of carbonyl (C=O) groups excluding carboxylic acids is 1. The fourth-order valence-electron chi connectivity index (χ4n) is 2.27. The van der Waals surface area contributed by atoms with Crippen molar-refractivity contribution in [2.75, 3.05) is 0 Å². The zero-order valence-electron chi connectivity index (χ0n) is 13.0. The quantitative estimate of drug-likeness (QED) is 0.613. The summed E-state index contributed by atoms with van der Waals surface area (Å²) in [5.41, 5.74) is 0.434. The number of nitrogens with one attached hydrogen (secondary N) is 2. The highest BCUT2D eigenvalue weighted by Crippen LogP contribution is 2.22. The minimum Gasteiger partial charge on any atom is -0.342 e. The van der Waals surface area contributed by atoms with Gasteiger partial charge in [-0.1, -0.05) is 43.7 Å². The van der Waals surface area contributed by atoms with Gasteiger partial charge in [-0.3, -0.25) is 14.5 Å². The van der Waals surface area contributed by atoms with Gasteiger partial charge in [-0.05, 0) is 30.3 Å². The Morgan fingerprint density at radius 3 is 2.83 bits per heavy atom. The third-order valence-corrected chi connectivity index (χ3v) is 4.09. The first-order valence-corrected chi connectivity index (χ1v) is 8.05. The van der Waals surface area contributed by atoms with Crippen molar-refractivity contribution >= 4 is 29.7 Å². The number of aromatic nitrogens is 3. The van der Waals surface area contributed by atoms with Crippen LogP contribution in [0.1, 0.15) is 36.1 Å². The van der Waals surface area contributed by atoms with Gasteiger partial charge in [-0.15, -0.1) is 6.58 Å². The number of rotatable bonds is 6. The van der Waals surface area contributed by atoms with Gasteiger partial charge in [0.25, 0.3) is 5.91 Å². The van der Waals surface area contributed by atoms with Crippen molar-refractivity contribution in [3.8, 4) is 0 Å². The average molecular weight is 351 g/mol. The molecule has 1 aromatic heterocycles. The summed E-state index contributed by atoms with van der Waals surface area (Å²) in [7, 11) is 0. The molecule has 1 heterocycles. The third kappa shape index (κ3) is 3.89. The normalized spacial score (nSPS) is 12.2. The number of aromatic amines is 1. The summed E-state index contributed by atoms with van der Waals surface area (Å²) in [4.78, 5) is 12.5. The molecule has 7 heteroatoms. The molecule has 5 nitrogen and oxygen atoms in total. The number of hydrogen-bond acceptors (Lipinski definition) is 3. The monoisotopic (exact) mass is 350 g/mol. The first-order valence-electron chi connectivity index (χ1n) is 7.27. The van der Waals surface area contributed by atoms with Crippen molar-refractivity contribution in [3.05, 3.63) is 58.1 Å². The second kappa shape index (κ2) is 7.57. The largest absolute Gasteiger partial charge is 0.342 e. The van der Waals surface area contributed by atoms with E-state index in [-0.39, 0.29) is 17.9 Å². The van der Waals surface area contributed by atoms with Crippen molar-refractivity contribution in [1.29, 1.82) is 0 Å². The van der Waals surface area contributed by atoms with Crippen LogP contribution in [0.4, 0.5) is 0 Å². The summed E-state index contributed by atoms with van der Waals surface area (Å²) in [6.45, 7) is 8.27. The van der Waals surface area contributed by atoms with Crippen LogP contribution < -0.4 is 5.32 Å². The minimum absolute atomic E-state index is 0.121. The summed E-state index contributed by atoms with van der Waals surface area (Å²) >= 11 is 11.3. The number of allylic oxidation sites excluding steroid dienone is 1. The lowest BCUT2D eigenvalue weighted by atomic mass is 10.0. The summed E-state index contributed by atoms with van der Waals surface area (Å²) in [6.07, 6.45) is 1.74. The SMILES string of the molecule is C=CCn1c([C@@H](NC(=O)c2ccccc2Cl)C(C)C)n[nH]c1=S. The second-order valence-electron chi connectivity index (χ2n) is 5.46. The molecule has 0 saturated carbocycles. The molecule has 0 saturated heterocycles. The van der Waals surface area contributed by atoms with Crippen LogP contribution in [-0.2, 0) is 6.54 Å². The van der Waals surface area contributed by atoms with Gasteiger partial charge in [-0.2, -0.15) is 5.10 Å². The smallest absolute Gasteiger partial charge is 0.253 e. The number of nitrogens with zero attached hydrogens (tertiary/aromatic N) is 2. The molecule has 0 aliphatic heterocycles. The van der Waals surface area contributed by atoms with E-state index in [0.717, 1.165) is 0 Å². The van der Waals surface area contributed by atoms with Gasteiger partial charge in [0.2, 0.25) is 0 Å². The standard InChI is InChI=1S/C16H19ClN4OS/c1-4-9-21-14(19-20-16(21)23)13(10(2)3)18-15(22)11-7-5-6-8-12(11)17/h4-8,10,13H,1,9H2,2-3H3,(H,18,22)(H,20,23)/t13-/m0/s1. The maximum Gasteiger partial charge on any atom is 0.253 e. The Hall–Kier alpha value is -1.92. The molecule has 2 aromatic rings. The highest BCUT2D eigenvalue weighted by atomic mass is 35.5. The van der Waals surface area contributed by atoms with Crippen molar-refractivity contribution in [2.24, 2.45) is 5.92 Å². The first-order chi connectivity index (χ1) is 11.0. The van der Waals surface area contributed by atoms with Crippen molar-refractivity contribution in [1.82, 2.24) is 20.1 Å². The number of hydrogen-bond donors (Lipinski definition) is 2. The Balaban J connectivity index is 2.33. The summed E-state index contributed by atoms with van der Waals surface area (Å²) < 4.78 is 2.32. The van der Waals surface area contributed by atoms with Gasteiger partial charge in [0.15, 0.2) is 10.6 Å². The number of carbonyl (C=O) groups is 1. The van der Waals surface area contributed by atoms with E-state index >= 15 is 0 Å². The molecule has 122 valence electrons. The van der Waals surface area contributed by atoms with Gasteiger partial charge < -0.3 is 5.32 Å². The number of benzene rings is 1. The first kappa shape index (κ1) is 17.4. The van der Waals surface area contributed by atoms with Gasteiger partial charge in [0.1, 0.15) is 0 Å². The Bertz CT molecular complexity index is 765. The molecule has 1 aromatic carbocycles. The molecule has 1 atom stereocenters. The lowest BCUT2D eigenvalue weighted by Crippen LogP contribution is -2.34. The van der Waals surface area contributed by atoms with E-state index in [1.54, 1.807) is 30.3 Å². The molecule has 0 aliphatic rings. The van der Waals surface area contributed by atoms with Crippen LogP contribution in [0, 0.1) is 10.7 Å². The number of halogens is 1. The lowest BCUT2D eigenvalue weighted by Gasteiger charge is -2.22. The van der Waals surface area contributed by atoms with E-state index in [1.807, 2.05) is 18.4 Å². The topological polar surface area (TPSA) is 62.7 Å². The molecular formula is C16H19ClN4OS. The maximum absolute atomic E-state index is 12.5. The van der Waals surface area contributed by atoms with E-state index in [4.69, 9.17) is 23.8 Å². The fourth-order valence-corrected chi connectivity index (χ4v) is 2.70. The van der Waals surface area contributed by atoms with Crippen LogP contribution in [0.15, 0.2) is 36.9 Å². The number of amides is 1. The van der Waals surface area contributed by atoms with Gasteiger partial charge >= 0.3 is 0 Å². The van der Waals surface area contributed by atoms with E-state index in [1.165, 1.54) is 0 Å². The van der Waals surface area contributed by atoms with Crippen LogP contribution >= 0.6 is 23.8 Å². The predicted molar refractivity (Wildman–Crippen MR) is 94.1 cm³/mol. The predicted octanol–water partition coefficient (Wildman–Crippen LogP) is 3.91. The van der Waals surface area contributed by atoms with Crippen LogP contribution in [-0.4, -0.2) is 20.7 Å². The molecule has 0 spiro atoms. The molecule has 0 radical (unpaired) electrons. The van der Waals surface area contributed by atoms with Crippen LogP contribution in [0.25, 0.3) is 0 Å². The Morgan fingerprint density at radius 1 is 1.52 bits per heavy atom. The van der Waals surface area contributed by atoms with E-state index in [9.17, 15) is 4.79 Å². The van der Waals surface area contributed by atoms with Crippen molar-refractivity contribution in [3.63, 3.8) is 0 Å². The van der Waals surface area contributed by atoms with Crippen LogP contribution in [0.3, 0.4) is 0 Å². The molecular weight excluding hydrogens is 332 g/mol. The molecule has 0 fully saturated rings. The molecule has 1 amide bonds. The molecule has 2 N–H and O–H groups in total. The highest BCUT2D eigenvalue weighted by molar-refractivity contribution is 7.71. The van der Waals surface area contributed by atoms with Crippen molar-refractivity contribution in [2.45, 2.75) is 26.4 Å². The Kier molecular flexibility index (Phi) is 5.74. The summed E-state index contributed by atoms with van der Waals surface area (Å²) in [6, 6.07) is 6.64. The van der Waals surface area contributed by atoms with Crippen LogP contribution in [0.5, 0.6) is 0 Å². The van der Waals surface area contributed by atoms with E-state index in [2.05, 4.69) is 22.1 Å². The fraction of sp³-hybridized carbons (Fsp3) is 0.312. The molecule has 0 aliphatic carbocycles. The molecule has 23 heavy (non-hydrogen) atoms. The van der Waals surface area contributed by atoms with E-state index < -0.39 is 0 Å².